The molecule has 0 saturated heterocycles. The number of esters is 2. The van der Waals surface area contributed by atoms with Crippen molar-refractivity contribution in [2.45, 2.75) is 322 Å². The minimum Gasteiger partial charge on any atom is -0.545 e. The number of carboxylic acid groups (broad SMARTS) is 1. The van der Waals surface area contributed by atoms with Gasteiger partial charge in [-0.3, -0.25) is 9.59 Å². The minimum atomic E-state index is -1.64. The van der Waals surface area contributed by atoms with Gasteiger partial charge in [0.25, 0.3) is 0 Å². The van der Waals surface area contributed by atoms with Gasteiger partial charge in [-0.25, -0.2) is 0 Å². The molecule has 0 aromatic heterocycles. The fourth-order valence-corrected chi connectivity index (χ4v) is 10.7. The summed E-state index contributed by atoms with van der Waals surface area (Å²) in [5.74, 6) is -2.31. The zero-order chi connectivity index (χ0) is 71.8. The predicted molar refractivity (Wildman–Crippen MR) is 425 cm³/mol. The number of carbonyl (C=O) groups is 3. The summed E-state index contributed by atoms with van der Waals surface area (Å²) >= 11 is 0. The van der Waals surface area contributed by atoms with Crippen LogP contribution in [0.5, 0.6) is 0 Å². The lowest BCUT2D eigenvalue weighted by atomic mass is 10.0. The quantitative estimate of drug-likeness (QED) is 0.0195. The average molecular weight is 1370 g/mol. The molecule has 2 unspecified atom stereocenters. The first kappa shape index (κ1) is 93.4. The van der Waals surface area contributed by atoms with Crippen LogP contribution >= 0.6 is 0 Å². The molecule has 0 fully saturated rings. The largest absolute Gasteiger partial charge is 0.545 e. The third-order valence-corrected chi connectivity index (χ3v) is 16.6. The molecule has 0 aliphatic carbocycles. The third-order valence-electron chi connectivity index (χ3n) is 16.6. The molecule has 9 heteroatoms. The monoisotopic (exact) mass is 1370 g/mol. The summed E-state index contributed by atoms with van der Waals surface area (Å²) in [6, 6.07) is 0. The number of hydrogen-bond donors (Lipinski definition) is 0. The zero-order valence-electron chi connectivity index (χ0n) is 64.0. The van der Waals surface area contributed by atoms with Gasteiger partial charge in [-0.2, -0.15) is 0 Å². The van der Waals surface area contributed by atoms with Crippen molar-refractivity contribution in [3.63, 3.8) is 0 Å². The van der Waals surface area contributed by atoms with Crippen LogP contribution in [0.2, 0.25) is 0 Å². The van der Waals surface area contributed by atoms with Crippen LogP contribution in [0.4, 0.5) is 0 Å². The number of rotatable bonds is 72. The maximum absolute atomic E-state index is 13.0. The molecule has 2 atom stereocenters. The molecule has 0 N–H and O–H groups in total. The number of quaternary nitrogens is 1. The molecule has 0 saturated carbocycles. The molecule has 9 nitrogen and oxygen atoms in total. The molecule has 0 heterocycles. The predicted octanol–water partition coefficient (Wildman–Crippen LogP) is 24.6. The van der Waals surface area contributed by atoms with Crippen molar-refractivity contribution in [1.82, 2.24) is 0 Å². The lowest BCUT2D eigenvalue weighted by Crippen LogP contribution is -2.44. The molecular weight excluding hydrogens is 1220 g/mol. The van der Waals surface area contributed by atoms with E-state index in [1.54, 1.807) is 0 Å². The molecule has 0 spiro atoms. The van der Waals surface area contributed by atoms with Crippen molar-refractivity contribution in [2.75, 3.05) is 47.5 Å². The fraction of sp³-hybridized carbons (Fsp3) is 0.633. The van der Waals surface area contributed by atoms with Gasteiger partial charge < -0.3 is 33.3 Å². The molecule has 560 valence electrons. The molecule has 0 rings (SSSR count). The lowest BCUT2D eigenvalue weighted by molar-refractivity contribution is -0.870. The van der Waals surface area contributed by atoms with Crippen molar-refractivity contribution in [2.24, 2.45) is 0 Å². The molecule has 0 bridgehead atoms. The Balaban J connectivity index is 4.11. The Hall–Kier alpha value is -5.61. The van der Waals surface area contributed by atoms with Crippen LogP contribution in [0, 0.1) is 0 Å². The fourth-order valence-electron chi connectivity index (χ4n) is 10.7. The highest BCUT2D eigenvalue weighted by molar-refractivity contribution is 5.70. The molecule has 0 aromatic rings. The van der Waals surface area contributed by atoms with E-state index in [1.807, 2.05) is 21.1 Å². The van der Waals surface area contributed by atoms with Crippen molar-refractivity contribution < 1.29 is 42.9 Å². The van der Waals surface area contributed by atoms with E-state index in [0.717, 1.165) is 154 Å². The Bertz CT molecular complexity index is 2290. The van der Waals surface area contributed by atoms with Gasteiger partial charge in [-0.15, -0.1) is 0 Å². The van der Waals surface area contributed by atoms with Gasteiger partial charge in [0.1, 0.15) is 13.2 Å². The SMILES string of the molecule is CC/C=C\C/C=C\C/C=C\C/C=C\C/C=C\C/C=C\C/C=C\C/C=C\C/C=C\C/C=C\CCCCCCCCC(=O)OC(COC(=O)CCCCCCCCCCCCCCCCCCCCCCC/C=C\C/C=C\C/C=C\C/C=C\C/C=C\CC)COC(OCC[N+](C)(C)C)C(=O)[O-]. The second-order valence-electron chi connectivity index (χ2n) is 27.2. The zero-order valence-corrected chi connectivity index (χ0v) is 64.0. The van der Waals surface area contributed by atoms with E-state index in [1.165, 1.54) is 122 Å². The number of aliphatic carboxylic acids is 1. The Morgan fingerprint density at radius 1 is 0.303 bits per heavy atom. The molecule has 0 aliphatic rings. The van der Waals surface area contributed by atoms with Crippen LogP contribution in [-0.4, -0.2) is 82.3 Å². The Morgan fingerprint density at radius 2 is 0.545 bits per heavy atom. The van der Waals surface area contributed by atoms with E-state index in [0.29, 0.717) is 17.4 Å². The number of hydrogen-bond acceptors (Lipinski definition) is 8. The average Bonchev–Trinajstić information content (AvgIpc) is 2.19. The molecule has 0 radical (unpaired) electrons. The lowest BCUT2D eigenvalue weighted by Gasteiger charge is -2.26. The number of ether oxygens (including phenoxy) is 4. The smallest absolute Gasteiger partial charge is 0.306 e. The van der Waals surface area contributed by atoms with Gasteiger partial charge >= 0.3 is 11.9 Å². The first-order chi connectivity index (χ1) is 48.6. The molecular formula is C90H147NO8. The highest BCUT2D eigenvalue weighted by Gasteiger charge is 2.22. The topological polar surface area (TPSA) is 111 Å². The highest BCUT2D eigenvalue weighted by Crippen LogP contribution is 2.17. The Labute approximate surface area is 609 Å². The summed E-state index contributed by atoms with van der Waals surface area (Å²) in [5.41, 5.74) is 0. The summed E-state index contributed by atoms with van der Waals surface area (Å²) in [6.45, 7) is 4.51. The van der Waals surface area contributed by atoms with Crippen molar-refractivity contribution >= 4 is 17.9 Å². The maximum Gasteiger partial charge on any atom is 0.306 e. The number of unbranched alkanes of at least 4 members (excludes halogenated alkanes) is 27. The Kier molecular flexibility index (Phi) is 73.7. The van der Waals surface area contributed by atoms with Crippen LogP contribution < -0.4 is 5.11 Å². The van der Waals surface area contributed by atoms with E-state index < -0.39 is 24.3 Å². The van der Waals surface area contributed by atoms with Crippen molar-refractivity contribution in [3.8, 4) is 0 Å². The molecule has 0 aliphatic heterocycles. The van der Waals surface area contributed by atoms with Gasteiger partial charge in [-0.1, -0.05) is 344 Å². The standard InChI is InChI=1S/C90H147NO8/c1-6-8-10-12-14-16-18-20-22-24-26-28-30-32-34-36-38-40-42-44-46-48-50-52-54-56-58-60-62-64-66-68-70-72-74-76-78-80-87(92)97-84-86(85-98-90(89(94)95)96-83-82-91(3,4)5)99-88(93)81-79-77-75-73-71-69-67-65-63-61-59-57-55-53-51-49-47-45-43-41-39-37-35-33-31-29-27-25-23-21-19-17-15-13-11-9-7-2/h8-11,14-17,20-23,26-29,32-35,39,41,45,47,51,53,57,59,63,65,86,90H,6-7,12-13,18-19,24-25,30-31,36-38,40,42-44,46,48-50,52,54-56,58,60-62,64,66-85H2,1-5H3/b10-8-,11-9-,16-14-,17-15-,22-20-,23-21-,28-26-,29-27-,34-32-,35-33-,41-39-,47-45-,53-51-,59-57-,65-63-. The number of likely N-dealkylation sites (N-methyl/N-ethyl adjacent to an activating group) is 1. The number of carbonyl (C=O) groups excluding carboxylic acids is 3. The number of nitrogens with zero attached hydrogens (tertiary/aromatic N) is 1. The van der Waals surface area contributed by atoms with Gasteiger partial charge in [-0.05, 0) is 135 Å². The van der Waals surface area contributed by atoms with E-state index in [2.05, 4.69) is 196 Å². The summed E-state index contributed by atoms with van der Waals surface area (Å²) in [6.07, 6.45) is 116. The van der Waals surface area contributed by atoms with E-state index in [9.17, 15) is 19.5 Å². The second-order valence-corrected chi connectivity index (χ2v) is 27.2. The van der Waals surface area contributed by atoms with Crippen LogP contribution in [0.25, 0.3) is 0 Å². The van der Waals surface area contributed by atoms with Gasteiger partial charge in [0.2, 0.25) is 0 Å². The van der Waals surface area contributed by atoms with Crippen LogP contribution in [0.15, 0.2) is 182 Å². The number of carboxylic acids is 1. The summed E-state index contributed by atoms with van der Waals surface area (Å²) in [5, 5.41) is 11.9. The Morgan fingerprint density at radius 3 is 0.808 bits per heavy atom. The normalized spacial score (nSPS) is 13.7. The first-order valence-corrected chi connectivity index (χ1v) is 39.9. The van der Waals surface area contributed by atoms with E-state index in [4.69, 9.17) is 18.9 Å². The third kappa shape index (κ3) is 79.6. The highest BCUT2D eigenvalue weighted by atomic mass is 16.7. The molecule has 99 heavy (non-hydrogen) atoms. The van der Waals surface area contributed by atoms with Crippen LogP contribution in [-0.2, 0) is 33.3 Å². The van der Waals surface area contributed by atoms with Crippen LogP contribution in [0.1, 0.15) is 309 Å². The van der Waals surface area contributed by atoms with Crippen molar-refractivity contribution in [3.05, 3.63) is 182 Å². The van der Waals surface area contributed by atoms with Crippen LogP contribution in [0.3, 0.4) is 0 Å². The summed E-state index contributed by atoms with van der Waals surface area (Å²) in [7, 11) is 5.92. The van der Waals surface area contributed by atoms with Crippen molar-refractivity contribution in [1.29, 1.82) is 0 Å². The summed E-state index contributed by atoms with van der Waals surface area (Å²) in [4.78, 5) is 37.6. The van der Waals surface area contributed by atoms with E-state index >= 15 is 0 Å². The minimum absolute atomic E-state index is 0.137. The second kappa shape index (κ2) is 78.1. The van der Waals surface area contributed by atoms with Gasteiger partial charge in [0, 0.05) is 12.8 Å². The summed E-state index contributed by atoms with van der Waals surface area (Å²) < 4.78 is 22.8. The molecule has 0 aromatic carbocycles. The first-order valence-electron chi connectivity index (χ1n) is 39.9. The van der Waals surface area contributed by atoms with E-state index in [-0.39, 0.29) is 38.6 Å². The molecule has 0 amide bonds. The van der Waals surface area contributed by atoms with Gasteiger partial charge in [0.05, 0.1) is 40.3 Å². The maximum atomic E-state index is 13.0. The number of allylic oxidation sites excluding steroid dienone is 30. The van der Waals surface area contributed by atoms with Gasteiger partial charge in [0.15, 0.2) is 12.4 Å².